The van der Waals surface area contributed by atoms with Crippen LogP contribution in [0.5, 0.6) is 5.75 Å². The molecule has 0 bridgehead atoms. The molecule has 1 aliphatic heterocycles. The fourth-order valence-electron chi connectivity index (χ4n) is 4.41. The number of methoxy groups -OCH3 is 1. The lowest BCUT2D eigenvalue weighted by Crippen LogP contribution is -2.35. The molecule has 2 aromatic carbocycles. The number of pyridine rings is 1. The highest BCUT2D eigenvalue weighted by Gasteiger charge is 2.14. The second-order valence-electron chi connectivity index (χ2n) is 8.74. The Morgan fingerprint density at radius 3 is 2.51 bits per heavy atom. The molecule has 0 amide bonds. The maximum Gasteiger partial charge on any atom is 0.119 e. The molecule has 0 spiro atoms. The van der Waals surface area contributed by atoms with Crippen LogP contribution in [0, 0.1) is 0 Å². The van der Waals surface area contributed by atoms with Crippen LogP contribution in [0.1, 0.15) is 16.8 Å². The van der Waals surface area contributed by atoms with E-state index in [1.807, 2.05) is 35.4 Å². The number of anilines is 1. The molecule has 0 aliphatic carbocycles. The smallest absolute Gasteiger partial charge is 0.119 e. The number of hydrogen-bond donors (Lipinski definition) is 0. The lowest BCUT2D eigenvalue weighted by molar-refractivity contribution is 0.0336. The summed E-state index contributed by atoms with van der Waals surface area (Å²) in [5.41, 5.74) is 5.75. The summed E-state index contributed by atoms with van der Waals surface area (Å²) in [5.74, 6) is 0.868. The molecule has 180 valence electrons. The summed E-state index contributed by atoms with van der Waals surface area (Å²) in [6.45, 7) is 5.82. The van der Waals surface area contributed by atoms with Gasteiger partial charge in [-0.1, -0.05) is 24.3 Å². The second kappa shape index (κ2) is 11.2. The number of aromatic nitrogens is 3. The first kappa shape index (κ1) is 23.1. The van der Waals surface area contributed by atoms with E-state index in [1.54, 1.807) is 13.3 Å². The molecule has 7 nitrogen and oxygen atoms in total. The maximum atomic E-state index is 5.50. The molecule has 4 aromatic rings. The van der Waals surface area contributed by atoms with E-state index < -0.39 is 0 Å². The standard InChI is InChI=1S/C28H31N5O2/c1-34-28-7-3-5-24(17-28)20-33(19-23-4-2-6-26(16-23)32-11-10-29-22-32)27-8-9-30-25(18-27)21-31-12-14-35-15-13-31/h2-11,16-18,22H,12-15,19-21H2,1H3. The Labute approximate surface area is 206 Å². The summed E-state index contributed by atoms with van der Waals surface area (Å²) in [6.07, 6.45) is 7.52. The predicted molar refractivity (Wildman–Crippen MR) is 137 cm³/mol. The van der Waals surface area contributed by atoms with Gasteiger partial charge in [-0.15, -0.1) is 0 Å². The molecule has 1 aliphatic rings. The van der Waals surface area contributed by atoms with Crippen LogP contribution in [0.4, 0.5) is 5.69 Å². The highest BCUT2D eigenvalue weighted by molar-refractivity contribution is 5.49. The van der Waals surface area contributed by atoms with E-state index in [9.17, 15) is 0 Å². The fraction of sp³-hybridized carbons (Fsp3) is 0.286. The quantitative estimate of drug-likeness (QED) is 0.364. The van der Waals surface area contributed by atoms with Crippen LogP contribution in [0.25, 0.3) is 5.69 Å². The maximum absolute atomic E-state index is 5.50. The Hall–Kier alpha value is -3.68. The third-order valence-corrected chi connectivity index (χ3v) is 6.25. The molecule has 0 atom stereocenters. The van der Waals surface area contributed by atoms with Crippen molar-refractivity contribution in [2.45, 2.75) is 19.6 Å². The molecule has 0 radical (unpaired) electrons. The molecule has 0 saturated carbocycles. The minimum Gasteiger partial charge on any atom is -0.497 e. The van der Waals surface area contributed by atoms with E-state index in [0.29, 0.717) is 0 Å². The molecule has 0 unspecified atom stereocenters. The summed E-state index contributed by atoms with van der Waals surface area (Å²) >= 11 is 0. The normalized spacial score (nSPS) is 14.1. The van der Waals surface area contributed by atoms with Crippen molar-refractivity contribution in [2.75, 3.05) is 38.3 Å². The Balaban J connectivity index is 1.42. The topological polar surface area (TPSA) is 55.7 Å². The fourth-order valence-corrected chi connectivity index (χ4v) is 4.41. The minimum absolute atomic E-state index is 0.757. The van der Waals surface area contributed by atoms with Crippen molar-refractivity contribution >= 4 is 5.69 Å². The van der Waals surface area contributed by atoms with Gasteiger partial charge in [0.2, 0.25) is 0 Å². The molecule has 2 aromatic heterocycles. The van der Waals surface area contributed by atoms with Gasteiger partial charge in [0.1, 0.15) is 5.75 Å². The van der Waals surface area contributed by atoms with Gasteiger partial charge in [0.15, 0.2) is 0 Å². The van der Waals surface area contributed by atoms with Crippen molar-refractivity contribution in [2.24, 2.45) is 0 Å². The van der Waals surface area contributed by atoms with Crippen molar-refractivity contribution in [1.82, 2.24) is 19.4 Å². The van der Waals surface area contributed by atoms with Gasteiger partial charge < -0.3 is 18.9 Å². The van der Waals surface area contributed by atoms with E-state index >= 15 is 0 Å². The number of imidazole rings is 1. The zero-order chi connectivity index (χ0) is 23.9. The van der Waals surface area contributed by atoms with Crippen molar-refractivity contribution in [3.8, 4) is 11.4 Å². The summed E-state index contributed by atoms with van der Waals surface area (Å²) in [5, 5.41) is 0. The summed E-state index contributed by atoms with van der Waals surface area (Å²) in [6, 6.07) is 21.2. The van der Waals surface area contributed by atoms with Crippen LogP contribution in [0.2, 0.25) is 0 Å². The average molecular weight is 470 g/mol. The predicted octanol–water partition coefficient (Wildman–Crippen LogP) is 4.31. The van der Waals surface area contributed by atoms with Crippen molar-refractivity contribution < 1.29 is 9.47 Å². The van der Waals surface area contributed by atoms with Gasteiger partial charge in [-0.3, -0.25) is 9.88 Å². The van der Waals surface area contributed by atoms with E-state index in [2.05, 4.69) is 68.3 Å². The number of nitrogens with zero attached hydrogens (tertiary/aromatic N) is 5. The van der Waals surface area contributed by atoms with Crippen LogP contribution in [-0.2, 0) is 24.4 Å². The van der Waals surface area contributed by atoms with E-state index in [-0.39, 0.29) is 0 Å². The number of hydrogen-bond acceptors (Lipinski definition) is 6. The second-order valence-corrected chi connectivity index (χ2v) is 8.74. The van der Waals surface area contributed by atoms with Gasteiger partial charge in [0.05, 0.1) is 32.3 Å². The summed E-state index contributed by atoms with van der Waals surface area (Å²) in [4.78, 5) is 13.6. The van der Waals surface area contributed by atoms with E-state index in [0.717, 1.165) is 68.8 Å². The van der Waals surface area contributed by atoms with Crippen LogP contribution < -0.4 is 9.64 Å². The van der Waals surface area contributed by atoms with Gasteiger partial charge in [-0.2, -0.15) is 0 Å². The zero-order valence-electron chi connectivity index (χ0n) is 20.1. The molecular formula is C28H31N5O2. The lowest BCUT2D eigenvalue weighted by Gasteiger charge is -2.28. The first-order chi connectivity index (χ1) is 17.3. The summed E-state index contributed by atoms with van der Waals surface area (Å²) in [7, 11) is 1.71. The van der Waals surface area contributed by atoms with E-state index in [1.165, 1.54) is 11.1 Å². The Kier molecular flexibility index (Phi) is 7.36. The molecule has 5 rings (SSSR count). The van der Waals surface area contributed by atoms with Gasteiger partial charge in [0.25, 0.3) is 0 Å². The SMILES string of the molecule is COc1cccc(CN(Cc2cccc(-n3ccnc3)c2)c2ccnc(CN3CCOCC3)c2)c1. The van der Waals surface area contributed by atoms with Gasteiger partial charge in [-0.25, -0.2) is 4.98 Å². The number of morpholine rings is 1. The monoisotopic (exact) mass is 469 g/mol. The third-order valence-electron chi connectivity index (χ3n) is 6.25. The highest BCUT2D eigenvalue weighted by atomic mass is 16.5. The molecule has 1 fully saturated rings. The Bertz CT molecular complexity index is 1220. The number of ether oxygens (including phenoxy) is 2. The zero-order valence-corrected chi connectivity index (χ0v) is 20.1. The van der Waals surface area contributed by atoms with Crippen LogP contribution in [-0.4, -0.2) is 52.8 Å². The van der Waals surface area contributed by atoms with E-state index in [4.69, 9.17) is 9.47 Å². The van der Waals surface area contributed by atoms with Gasteiger partial charge >= 0.3 is 0 Å². The van der Waals surface area contributed by atoms with Crippen LogP contribution in [0.15, 0.2) is 85.6 Å². The Morgan fingerprint density at radius 2 is 1.74 bits per heavy atom. The lowest BCUT2D eigenvalue weighted by atomic mass is 10.1. The van der Waals surface area contributed by atoms with Crippen molar-refractivity contribution in [3.05, 3.63) is 102 Å². The van der Waals surface area contributed by atoms with Gasteiger partial charge in [0, 0.05) is 62.7 Å². The van der Waals surface area contributed by atoms with Crippen molar-refractivity contribution in [3.63, 3.8) is 0 Å². The molecular weight excluding hydrogens is 438 g/mol. The highest BCUT2D eigenvalue weighted by Crippen LogP contribution is 2.24. The van der Waals surface area contributed by atoms with Crippen LogP contribution in [0.3, 0.4) is 0 Å². The number of benzene rings is 2. The summed E-state index contributed by atoms with van der Waals surface area (Å²) < 4.78 is 13.0. The van der Waals surface area contributed by atoms with Gasteiger partial charge in [-0.05, 0) is 47.5 Å². The first-order valence-corrected chi connectivity index (χ1v) is 12.0. The average Bonchev–Trinajstić information content (AvgIpc) is 3.45. The largest absolute Gasteiger partial charge is 0.497 e. The Morgan fingerprint density at radius 1 is 0.943 bits per heavy atom. The molecule has 1 saturated heterocycles. The molecule has 35 heavy (non-hydrogen) atoms. The third kappa shape index (κ3) is 6.07. The number of rotatable bonds is 9. The van der Waals surface area contributed by atoms with Crippen LogP contribution >= 0.6 is 0 Å². The molecule has 3 heterocycles. The molecule has 7 heteroatoms. The van der Waals surface area contributed by atoms with Crippen molar-refractivity contribution in [1.29, 1.82) is 0 Å². The minimum atomic E-state index is 0.757. The first-order valence-electron chi connectivity index (χ1n) is 12.0. The molecule has 0 N–H and O–H groups in total.